The van der Waals surface area contributed by atoms with Gasteiger partial charge in [-0.05, 0) is 55.5 Å². The zero-order valence-corrected chi connectivity index (χ0v) is 11.4. The van der Waals surface area contributed by atoms with Crippen molar-refractivity contribution in [3.05, 3.63) is 0 Å². The van der Waals surface area contributed by atoms with Gasteiger partial charge in [-0.1, -0.05) is 40.0 Å². The molecule has 1 aliphatic carbocycles. The summed E-state index contributed by atoms with van der Waals surface area (Å²) >= 11 is 0. The van der Waals surface area contributed by atoms with E-state index >= 15 is 0 Å². The summed E-state index contributed by atoms with van der Waals surface area (Å²) in [7, 11) is 0. The molecule has 1 saturated heterocycles. The lowest BCUT2D eigenvalue weighted by molar-refractivity contribution is 0.0527. The minimum Gasteiger partial charge on any atom is -0.316 e. The molecule has 0 radical (unpaired) electrons. The summed E-state index contributed by atoms with van der Waals surface area (Å²) in [6.45, 7) is 9.83. The fourth-order valence-electron chi connectivity index (χ4n) is 4.17. The van der Waals surface area contributed by atoms with Crippen molar-refractivity contribution in [2.75, 3.05) is 13.1 Å². The molecule has 3 atom stereocenters. The Morgan fingerprint density at radius 1 is 1.12 bits per heavy atom. The molecule has 1 spiro atoms. The van der Waals surface area contributed by atoms with Gasteiger partial charge < -0.3 is 5.32 Å². The number of rotatable bonds is 1. The molecule has 16 heavy (non-hydrogen) atoms. The Kier molecular flexibility index (Phi) is 3.94. The zero-order chi connectivity index (χ0) is 11.6. The molecule has 0 aromatic carbocycles. The van der Waals surface area contributed by atoms with E-state index in [0.717, 1.165) is 17.8 Å². The second-order valence-corrected chi connectivity index (χ2v) is 6.70. The maximum Gasteiger partial charge on any atom is -0.00127 e. The second kappa shape index (κ2) is 5.08. The minimum atomic E-state index is 0.699. The second-order valence-electron chi connectivity index (χ2n) is 6.70. The molecule has 1 N–H and O–H groups in total. The molecule has 0 aromatic rings. The van der Waals surface area contributed by atoms with E-state index in [9.17, 15) is 0 Å². The molecule has 1 aliphatic heterocycles. The fraction of sp³-hybridized carbons (Fsp3) is 1.00. The first kappa shape index (κ1) is 12.4. The average molecular weight is 223 g/mol. The van der Waals surface area contributed by atoms with E-state index in [4.69, 9.17) is 0 Å². The van der Waals surface area contributed by atoms with Crippen molar-refractivity contribution in [3.63, 3.8) is 0 Å². The Labute approximate surface area is 101 Å². The van der Waals surface area contributed by atoms with Crippen LogP contribution in [-0.4, -0.2) is 13.1 Å². The highest BCUT2D eigenvalue weighted by molar-refractivity contribution is 4.94. The molecule has 0 amide bonds. The highest BCUT2D eigenvalue weighted by Crippen LogP contribution is 2.49. The van der Waals surface area contributed by atoms with Crippen LogP contribution in [0.1, 0.15) is 59.3 Å². The standard InChI is InChI=1S/C15H29N/c1-12(2)14-11-16-10-9-15(14)7-4-5-13(3)6-8-15/h12-14,16H,4-11H2,1-3H3. The lowest BCUT2D eigenvalue weighted by atomic mass is 9.62. The average Bonchev–Trinajstić information content (AvgIpc) is 2.43. The summed E-state index contributed by atoms with van der Waals surface area (Å²) in [6.07, 6.45) is 8.86. The van der Waals surface area contributed by atoms with Crippen molar-refractivity contribution in [1.29, 1.82) is 0 Å². The van der Waals surface area contributed by atoms with E-state index in [-0.39, 0.29) is 0 Å². The molecule has 0 aromatic heterocycles. The summed E-state index contributed by atoms with van der Waals surface area (Å²) in [4.78, 5) is 0. The smallest absolute Gasteiger partial charge is 0.00127 e. The summed E-state index contributed by atoms with van der Waals surface area (Å²) in [5, 5.41) is 3.62. The minimum absolute atomic E-state index is 0.699. The first-order chi connectivity index (χ1) is 7.64. The van der Waals surface area contributed by atoms with E-state index in [2.05, 4.69) is 26.1 Å². The van der Waals surface area contributed by atoms with E-state index in [0.29, 0.717) is 5.41 Å². The third kappa shape index (κ3) is 2.45. The van der Waals surface area contributed by atoms with Gasteiger partial charge in [0.2, 0.25) is 0 Å². The Balaban J connectivity index is 2.12. The van der Waals surface area contributed by atoms with E-state index < -0.39 is 0 Å². The zero-order valence-electron chi connectivity index (χ0n) is 11.4. The van der Waals surface area contributed by atoms with E-state index in [1.54, 1.807) is 0 Å². The van der Waals surface area contributed by atoms with Crippen LogP contribution in [-0.2, 0) is 0 Å². The summed E-state index contributed by atoms with van der Waals surface area (Å²) in [6, 6.07) is 0. The van der Waals surface area contributed by atoms with Crippen LogP contribution in [0.4, 0.5) is 0 Å². The Bertz CT molecular complexity index is 223. The Morgan fingerprint density at radius 2 is 1.94 bits per heavy atom. The molecule has 2 rings (SSSR count). The highest BCUT2D eigenvalue weighted by atomic mass is 14.9. The number of hydrogen-bond donors (Lipinski definition) is 1. The number of nitrogens with one attached hydrogen (secondary N) is 1. The first-order valence-electron chi connectivity index (χ1n) is 7.35. The van der Waals surface area contributed by atoms with Gasteiger partial charge in [0.15, 0.2) is 0 Å². The van der Waals surface area contributed by atoms with Crippen molar-refractivity contribution in [2.45, 2.75) is 59.3 Å². The van der Waals surface area contributed by atoms with Crippen LogP contribution in [0.15, 0.2) is 0 Å². The third-order valence-electron chi connectivity index (χ3n) is 5.26. The van der Waals surface area contributed by atoms with Crippen LogP contribution in [0, 0.1) is 23.2 Å². The predicted molar refractivity (Wildman–Crippen MR) is 70.5 cm³/mol. The summed E-state index contributed by atoms with van der Waals surface area (Å²) in [5.74, 6) is 2.75. The quantitative estimate of drug-likeness (QED) is 0.712. The SMILES string of the molecule is CC1CCCC2(CCNCC2C(C)C)CC1. The van der Waals surface area contributed by atoms with Crippen molar-refractivity contribution >= 4 is 0 Å². The van der Waals surface area contributed by atoms with Crippen LogP contribution < -0.4 is 5.32 Å². The molecule has 94 valence electrons. The van der Waals surface area contributed by atoms with Gasteiger partial charge in [0.1, 0.15) is 0 Å². The van der Waals surface area contributed by atoms with Gasteiger partial charge in [0, 0.05) is 0 Å². The molecule has 1 nitrogen and oxygen atoms in total. The van der Waals surface area contributed by atoms with Crippen LogP contribution in [0.25, 0.3) is 0 Å². The van der Waals surface area contributed by atoms with Gasteiger partial charge in [-0.15, -0.1) is 0 Å². The van der Waals surface area contributed by atoms with Crippen molar-refractivity contribution < 1.29 is 0 Å². The first-order valence-corrected chi connectivity index (χ1v) is 7.35. The summed E-state index contributed by atoms with van der Waals surface area (Å²) in [5.41, 5.74) is 0.699. The summed E-state index contributed by atoms with van der Waals surface area (Å²) < 4.78 is 0. The molecule has 1 heterocycles. The lowest BCUT2D eigenvalue weighted by Crippen LogP contribution is -2.47. The van der Waals surface area contributed by atoms with Crippen LogP contribution in [0.2, 0.25) is 0 Å². The highest BCUT2D eigenvalue weighted by Gasteiger charge is 2.42. The molecule has 2 aliphatic rings. The normalized spacial score (nSPS) is 41.2. The molecule has 3 unspecified atom stereocenters. The van der Waals surface area contributed by atoms with Gasteiger partial charge in [0.25, 0.3) is 0 Å². The van der Waals surface area contributed by atoms with Gasteiger partial charge >= 0.3 is 0 Å². The van der Waals surface area contributed by atoms with Crippen molar-refractivity contribution in [1.82, 2.24) is 5.32 Å². The largest absolute Gasteiger partial charge is 0.316 e. The van der Waals surface area contributed by atoms with Crippen LogP contribution in [0.3, 0.4) is 0 Å². The molecular formula is C15H29N. The van der Waals surface area contributed by atoms with E-state index in [1.165, 1.54) is 51.6 Å². The maximum atomic E-state index is 3.62. The van der Waals surface area contributed by atoms with Gasteiger partial charge in [-0.25, -0.2) is 0 Å². The molecule has 0 bridgehead atoms. The van der Waals surface area contributed by atoms with Crippen LogP contribution in [0.5, 0.6) is 0 Å². The van der Waals surface area contributed by atoms with E-state index in [1.807, 2.05) is 0 Å². The number of piperidine rings is 1. The van der Waals surface area contributed by atoms with Gasteiger partial charge in [-0.3, -0.25) is 0 Å². The van der Waals surface area contributed by atoms with Crippen LogP contribution >= 0.6 is 0 Å². The van der Waals surface area contributed by atoms with Gasteiger partial charge in [0.05, 0.1) is 0 Å². The van der Waals surface area contributed by atoms with Crippen molar-refractivity contribution in [3.8, 4) is 0 Å². The molecule has 2 fully saturated rings. The number of hydrogen-bond acceptors (Lipinski definition) is 1. The third-order valence-corrected chi connectivity index (χ3v) is 5.26. The molecule has 1 heteroatoms. The maximum absolute atomic E-state index is 3.62. The van der Waals surface area contributed by atoms with Crippen molar-refractivity contribution in [2.24, 2.45) is 23.2 Å². The van der Waals surface area contributed by atoms with Gasteiger partial charge in [-0.2, -0.15) is 0 Å². The predicted octanol–water partition coefficient (Wildman–Crippen LogP) is 3.84. The Morgan fingerprint density at radius 3 is 2.69 bits per heavy atom. The lowest BCUT2D eigenvalue weighted by Gasteiger charge is -2.46. The monoisotopic (exact) mass is 223 g/mol. The fourth-order valence-corrected chi connectivity index (χ4v) is 4.17. The topological polar surface area (TPSA) is 12.0 Å². The molecule has 1 saturated carbocycles. The Hall–Kier alpha value is -0.0400. The molecular weight excluding hydrogens is 194 g/mol.